The van der Waals surface area contributed by atoms with Crippen LogP contribution in [0.2, 0.25) is 5.02 Å². The molecule has 0 amide bonds. The van der Waals surface area contributed by atoms with Crippen LogP contribution in [0.5, 0.6) is 0 Å². The summed E-state index contributed by atoms with van der Waals surface area (Å²) in [7, 11) is 0. The maximum atomic E-state index is 12.8. The summed E-state index contributed by atoms with van der Waals surface area (Å²) in [6, 6.07) is 8.79. The molecule has 0 saturated heterocycles. The number of aryl methyl sites for hydroxylation is 1. The summed E-state index contributed by atoms with van der Waals surface area (Å²) in [5, 5.41) is 2.62. The number of hydrogen-bond acceptors (Lipinski definition) is 6. The number of hydrogen-bond donors (Lipinski definition) is 2. The summed E-state index contributed by atoms with van der Waals surface area (Å²) in [5.41, 5.74) is 7.81. The molecule has 0 unspecified atom stereocenters. The number of nitrogens with two attached hydrogens (primary N) is 1. The van der Waals surface area contributed by atoms with E-state index in [-0.39, 0.29) is 22.3 Å². The van der Waals surface area contributed by atoms with Gasteiger partial charge in [0, 0.05) is 18.4 Å². The van der Waals surface area contributed by atoms with E-state index in [1.807, 2.05) is 23.1 Å². The summed E-state index contributed by atoms with van der Waals surface area (Å²) in [4.78, 5) is 14.2. The Morgan fingerprint density at radius 3 is 2.66 bits per heavy atom. The Morgan fingerprint density at radius 1 is 1.10 bits per heavy atom. The molecule has 0 radical (unpaired) electrons. The molecule has 4 rings (SSSR count). The lowest BCUT2D eigenvalue weighted by atomic mass is 10.0. The van der Waals surface area contributed by atoms with Crippen LogP contribution in [-0.2, 0) is 12.6 Å². The molecule has 1 aromatic carbocycles. The highest BCUT2D eigenvalue weighted by molar-refractivity contribution is 6.33. The van der Waals surface area contributed by atoms with Gasteiger partial charge in [0.05, 0.1) is 10.6 Å². The van der Waals surface area contributed by atoms with E-state index in [4.69, 9.17) is 17.3 Å². The van der Waals surface area contributed by atoms with E-state index in [1.54, 1.807) is 0 Å². The van der Waals surface area contributed by atoms with Crippen LogP contribution in [0.4, 0.5) is 42.0 Å². The third-order valence-corrected chi connectivity index (χ3v) is 4.92. The number of nitrogens with one attached hydrogen (secondary N) is 1. The summed E-state index contributed by atoms with van der Waals surface area (Å²) < 4.78 is 38.4. The molecule has 0 fully saturated rings. The highest BCUT2D eigenvalue weighted by atomic mass is 35.5. The summed E-state index contributed by atoms with van der Waals surface area (Å²) in [6.45, 7) is 0.733. The topological polar surface area (TPSA) is 80.0 Å². The fourth-order valence-corrected chi connectivity index (χ4v) is 3.47. The van der Waals surface area contributed by atoms with E-state index in [0.29, 0.717) is 12.0 Å². The number of para-hydroxylation sites is 1. The Bertz CT molecular complexity index is 1060. The first-order valence-electron chi connectivity index (χ1n) is 8.80. The molecular weight excluding hydrogens is 405 g/mol. The zero-order chi connectivity index (χ0) is 20.6. The Labute approximate surface area is 169 Å². The maximum Gasteiger partial charge on any atom is 0.417 e. The molecule has 6 nitrogen and oxygen atoms in total. The van der Waals surface area contributed by atoms with Crippen molar-refractivity contribution in [1.82, 2.24) is 15.0 Å². The van der Waals surface area contributed by atoms with Crippen LogP contribution in [0.1, 0.15) is 17.5 Å². The number of fused-ring (bicyclic) bond motifs is 1. The number of anilines is 5. The number of halogens is 4. The Kier molecular flexibility index (Phi) is 4.91. The van der Waals surface area contributed by atoms with Crippen molar-refractivity contribution >= 4 is 40.4 Å². The lowest BCUT2D eigenvalue weighted by Crippen LogP contribution is -2.26. The maximum absolute atomic E-state index is 12.8. The average molecular weight is 421 g/mol. The first kappa shape index (κ1) is 19.3. The molecule has 29 heavy (non-hydrogen) atoms. The van der Waals surface area contributed by atoms with Crippen molar-refractivity contribution in [3.05, 3.63) is 59.0 Å². The van der Waals surface area contributed by atoms with Gasteiger partial charge in [0.25, 0.3) is 0 Å². The summed E-state index contributed by atoms with van der Waals surface area (Å²) >= 11 is 5.97. The molecule has 0 aliphatic carbocycles. The second kappa shape index (κ2) is 7.40. The number of pyridine rings is 1. The predicted molar refractivity (Wildman–Crippen MR) is 106 cm³/mol. The largest absolute Gasteiger partial charge is 0.417 e. The minimum absolute atomic E-state index is 0.0232. The van der Waals surface area contributed by atoms with Crippen LogP contribution in [0.25, 0.3) is 0 Å². The van der Waals surface area contributed by atoms with Crippen LogP contribution in [0.3, 0.4) is 0 Å². The highest BCUT2D eigenvalue weighted by Crippen LogP contribution is 2.38. The van der Waals surface area contributed by atoms with Crippen LogP contribution in [0, 0.1) is 0 Å². The summed E-state index contributed by atoms with van der Waals surface area (Å²) in [5.74, 6) is 0.750. The lowest BCUT2D eigenvalue weighted by Gasteiger charge is -2.31. The number of nitrogen functional groups attached to an aromatic ring is 1. The van der Waals surface area contributed by atoms with E-state index >= 15 is 0 Å². The van der Waals surface area contributed by atoms with Gasteiger partial charge in [-0.05, 0) is 30.5 Å². The normalized spacial score (nSPS) is 13.9. The van der Waals surface area contributed by atoms with Gasteiger partial charge >= 0.3 is 6.18 Å². The van der Waals surface area contributed by atoms with Crippen molar-refractivity contribution in [2.24, 2.45) is 0 Å². The van der Waals surface area contributed by atoms with E-state index in [2.05, 4.69) is 26.3 Å². The number of rotatable bonds is 3. The van der Waals surface area contributed by atoms with Crippen LogP contribution >= 0.6 is 11.6 Å². The third kappa shape index (κ3) is 3.77. The molecule has 3 aromatic rings. The van der Waals surface area contributed by atoms with E-state index < -0.39 is 11.7 Å². The SMILES string of the molecule is Nc1c(Nc2ncc(C(F)(F)F)cc2Cl)ncnc1N1CCCc2ccccc21. The number of aromatic nitrogens is 3. The zero-order valence-corrected chi connectivity index (χ0v) is 15.8. The molecule has 0 spiro atoms. The van der Waals surface area contributed by atoms with Gasteiger partial charge in [-0.2, -0.15) is 13.2 Å². The first-order chi connectivity index (χ1) is 13.8. The monoisotopic (exact) mass is 420 g/mol. The number of benzene rings is 1. The van der Waals surface area contributed by atoms with Gasteiger partial charge < -0.3 is 16.0 Å². The van der Waals surface area contributed by atoms with E-state index in [9.17, 15) is 13.2 Å². The van der Waals surface area contributed by atoms with Crippen molar-refractivity contribution in [3.8, 4) is 0 Å². The number of nitrogens with zero attached hydrogens (tertiary/aromatic N) is 4. The van der Waals surface area contributed by atoms with Gasteiger partial charge in [0.1, 0.15) is 17.8 Å². The Hall–Kier alpha value is -3.07. The minimum Gasteiger partial charge on any atom is -0.393 e. The van der Waals surface area contributed by atoms with Crippen molar-refractivity contribution in [2.45, 2.75) is 19.0 Å². The van der Waals surface area contributed by atoms with Gasteiger partial charge in [-0.3, -0.25) is 0 Å². The molecule has 3 N–H and O–H groups in total. The zero-order valence-electron chi connectivity index (χ0n) is 15.0. The van der Waals surface area contributed by atoms with Crippen LogP contribution in [0.15, 0.2) is 42.9 Å². The van der Waals surface area contributed by atoms with Crippen LogP contribution in [-0.4, -0.2) is 21.5 Å². The molecule has 3 heterocycles. The average Bonchev–Trinajstić information content (AvgIpc) is 2.70. The van der Waals surface area contributed by atoms with Crippen molar-refractivity contribution in [3.63, 3.8) is 0 Å². The van der Waals surface area contributed by atoms with Gasteiger partial charge in [-0.15, -0.1) is 0 Å². The van der Waals surface area contributed by atoms with E-state index in [1.165, 1.54) is 11.9 Å². The van der Waals surface area contributed by atoms with Crippen molar-refractivity contribution in [2.75, 3.05) is 22.5 Å². The lowest BCUT2D eigenvalue weighted by molar-refractivity contribution is -0.137. The molecule has 1 aliphatic rings. The van der Waals surface area contributed by atoms with Gasteiger partial charge in [0.2, 0.25) is 0 Å². The summed E-state index contributed by atoms with van der Waals surface area (Å²) in [6.07, 6.45) is -0.585. The molecule has 10 heteroatoms. The fourth-order valence-electron chi connectivity index (χ4n) is 3.25. The molecule has 0 saturated carbocycles. The molecule has 0 atom stereocenters. The fraction of sp³-hybridized carbons (Fsp3) is 0.211. The van der Waals surface area contributed by atoms with Gasteiger partial charge in [-0.1, -0.05) is 29.8 Å². The minimum atomic E-state index is -4.53. The molecule has 1 aliphatic heterocycles. The quantitative estimate of drug-likeness (QED) is 0.623. The number of alkyl halides is 3. The van der Waals surface area contributed by atoms with Gasteiger partial charge in [-0.25, -0.2) is 15.0 Å². The molecule has 150 valence electrons. The Balaban J connectivity index is 1.67. The second-order valence-electron chi connectivity index (χ2n) is 6.52. The highest BCUT2D eigenvalue weighted by Gasteiger charge is 2.31. The molecular formula is C19H16ClF3N6. The van der Waals surface area contributed by atoms with Gasteiger partial charge in [0.15, 0.2) is 11.6 Å². The predicted octanol–water partition coefficient (Wildman–Crippen LogP) is 4.95. The first-order valence-corrected chi connectivity index (χ1v) is 9.18. The van der Waals surface area contributed by atoms with E-state index in [0.717, 1.165) is 31.1 Å². The van der Waals surface area contributed by atoms with Crippen molar-refractivity contribution < 1.29 is 13.2 Å². The standard InChI is InChI=1S/C19H16ClF3N6/c20-13-8-12(19(21,22)23)9-25-16(13)28-17-15(24)18(27-10-26-17)29-7-3-5-11-4-1-2-6-14(11)29/h1-2,4,6,8-10H,3,5,7,24H2,(H,25,26,27,28). The molecule has 2 aromatic heterocycles. The van der Waals surface area contributed by atoms with Crippen molar-refractivity contribution in [1.29, 1.82) is 0 Å². The third-order valence-electron chi connectivity index (χ3n) is 4.63. The Morgan fingerprint density at radius 2 is 1.90 bits per heavy atom. The second-order valence-corrected chi connectivity index (χ2v) is 6.93. The molecule has 0 bridgehead atoms. The van der Waals surface area contributed by atoms with Crippen LogP contribution < -0.4 is 16.0 Å². The smallest absolute Gasteiger partial charge is 0.393 e.